The molecule has 1 N–H and O–H groups in total. The molecule has 10 heteroatoms. The molecule has 0 atom stereocenters. The minimum absolute atomic E-state index is 0.234. The van der Waals surface area contributed by atoms with Crippen molar-refractivity contribution in [2.75, 3.05) is 25.1 Å². The van der Waals surface area contributed by atoms with E-state index in [0.29, 0.717) is 16.7 Å². The van der Waals surface area contributed by atoms with Crippen molar-refractivity contribution in [2.24, 2.45) is 0 Å². The van der Waals surface area contributed by atoms with E-state index in [-0.39, 0.29) is 10.5 Å². The molecule has 0 spiro atoms. The molecule has 0 saturated carbocycles. The summed E-state index contributed by atoms with van der Waals surface area (Å²) in [7, 11) is -8.09. The highest BCUT2D eigenvalue weighted by Crippen LogP contribution is 2.36. The van der Waals surface area contributed by atoms with Crippen LogP contribution in [0.4, 0.5) is 5.69 Å². The maximum Gasteiger partial charge on any atom is 0.297 e. The van der Waals surface area contributed by atoms with Crippen LogP contribution in [-0.2, 0) is 37.5 Å². The summed E-state index contributed by atoms with van der Waals surface area (Å²) in [5.74, 6) is 0. The van der Waals surface area contributed by atoms with Crippen LogP contribution in [-0.4, -0.2) is 51.9 Å². The lowest BCUT2D eigenvalue weighted by Crippen LogP contribution is -2.21. The highest BCUT2D eigenvalue weighted by Gasteiger charge is 2.26. The van der Waals surface area contributed by atoms with Gasteiger partial charge in [0.2, 0.25) is 0 Å². The zero-order valence-corrected chi connectivity index (χ0v) is 28.8. The van der Waals surface area contributed by atoms with E-state index in [2.05, 4.69) is 47.6 Å². The van der Waals surface area contributed by atoms with E-state index in [1.807, 2.05) is 85.0 Å². The van der Waals surface area contributed by atoms with E-state index in [1.165, 1.54) is 23.3 Å². The van der Waals surface area contributed by atoms with Crippen LogP contribution in [0.5, 0.6) is 0 Å². The summed E-state index contributed by atoms with van der Waals surface area (Å²) < 4.78 is 67.5. The van der Waals surface area contributed by atoms with Crippen LogP contribution in [0, 0.1) is 0 Å². The predicted molar refractivity (Wildman–Crippen MR) is 190 cm³/mol. The first-order valence-corrected chi connectivity index (χ1v) is 18.5. The lowest BCUT2D eigenvalue weighted by Gasteiger charge is -2.24. The monoisotopic (exact) mass is 683 g/mol. The molecule has 0 bridgehead atoms. The van der Waals surface area contributed by atoms with Crippen molar-refractivity contribution in [3.63, 3.8) is 0 Å². The van der Waals surface area contributed by atoms with Crippen molar-refractivity contribution in [1.82, 2.24) is 0 Å². The average molecular weight is 684 g/mol. The van der Waals surface area contributed by atoms with Gasteiger partial charge in [-0.1, -0.05) is 78.9 Å². The van der Waals surface area contributed by atoms with E-state index in [9.17, 15) is 21.4 Å². The fraction of sp³-hybridized carbons (Fsp3) is 0.184. The van der Waals surface area contributed by atoms with Gasteiger partial charge in [0.15, 0.2) is 12.3 Å². The Balaban J connectivity index is 1.65. The molecule has 4 aromatic carbocycles. The zero-order valence-electron chi connectivity index (χ0n) is 27.2. The Bertz CT molecular complexity index is 2080. The summed E-state index contributed by atoms with van der Waals surface area (Å²) in [6, 6.07) is 31.7. The number of allylic oxidation sites excluding steroid dienone is 5. The molecule has 1 aliphatic rings. The average Bonchev–Trinajstić information content (AvgIpc) is 3.11. The fourth-order valence-electron chi connectivity index (χ4n) is 5.70. The molecule has 0 fully saturated rings. The topological polar surface area (TPSA) is 104 Å². The second kappa shape index (κ2) is 15.1. The Morgan fingerprint density at radius 3 is 1.92 bits per heavy atom. The SMILES string of the molecule is CCN(Cc1ccccc1)c1ccc(C(=C2C=CC(=[N+](CC)Cc3ccccc3)C=C2)c2ccc(S(=O)(=O)O)cc2S(=O)(=O)OC)cc1. The molecule has 0 aliphatic heterocycles. The summed E-state index contributed by atoms with van der Waals surface area (Å²) >= 11 is 0. The second-order valence-corrected chi connectivity index (χ2v) is 14.3. The second-order valence-electron chi connectivity index (χ2n) is 11.2. The molecular formula is C38H39N2O6S2+. The van der Waals surface area contributed by atoms with Crippen molar-refractivity contribution in [2.45, 2.75) is 36.7 Å². The van der Waals surface area contributed by atoms with Gasteiger partial charge in [-0.15, -0.1) is 0 Å². The molecular weight excluding hydrogens is 645 g/mol. The summed E-state index contributed by atoms with van der Waals surface area (Å²) in [5, 5.41) is 0. The number of hydrogen-bond donors (Lipinski definition) is 1. The number of rotatable bonds is 12. The van der Waals surface area contributed by atoms with Gasteiger partial charge in [0.1, 0.15) is 11.4 Å². The maximum absolute atomic E-state index is 13.3. The minimum Gasteiger partial charge on any atom is -0.367 e. The van der Waals surface area contributed by atoms with E-state index in [4.69, 9.17) is 4.18 Å². The Hall–Kier alpha value is -4.61. The molecule has 0 heterocycles. The van der Waals surface area contributed by atoms with Crippen molar-refractivity contribution in [1.29, 1.82) is 0 Å². The van der Waals surface area contributed by atoms with Gasteiger partial charge in [0.25, 0.3) is 20.2 Å². The first-order valence-electron chi connectivity index (χ1n) is 15.6. The van der Waals surface area contributed by atoms with Crippen LogP contribution in [0.3, 0.4) is 0 Å². The van der Waals surface area contributed by atoms with Gasteiger partial charge in [-0.05, 0) is 72.5 Å². The van der Waals surface area contributed by atoms with Crippen molar-refractivity contribution in [3.8, 4) is 0 Å². The van der Waals surface area contributed by atoms with E-state index in [1.54, 1.807) is 0 Å². The largest absolute Gasteiger partial charge is 0.367 e. The molecule has 0 aromatic heterocycles. The highest BCUT2D eigenvalue weighted by atomic mass is 32.2. The Morgan fingerprint density at radius 2 is 1.38 bits per heavy atom. The van der Waals surface area contributed by atoms with Crippen LogP contribution >= 0.6 is 0 Å². The van der Waals surface area contributed by atoms with Gasteiger partial charge >= 0.3 is 0 Å². The summed E-state index contributed by atoms with van der Waals surface area (Å²) in [6.45, 7) is 7.17. The fourth-order valence-corrected chi connectivity index (χ4v) is 7.17. The molecule has 0 saturated heterocycles. The Morgan fingerprint density at radius 1 is 0.771 bits per heavy atom. The zero-order chi connectivity index (χ0) is 34.3. The standard InChI is InChI=1S/C38H38N2O6S2/c1-4-39(27-29-12-8-6-9-13-29)33-20-16-31(17-21-33)38(36-25-24-35(47(41,42)43)26-37(36)48(44,45)46-3)32-18-22-34(23-19-32)40(5-2)28-30-14-10-7-11-15-30/h6-26H,4-5,27-28H2,1-3H3/p+1. The minimum atomic E-state index is -4.69. The van der Waals surface area contributed by atoms with E-state index >= 15 is 0 Å². The van der Waals surface area contributed by atoms with Gasteiger partial charge < -0.3 is 4.90 Å². The van der Waals surface area contributed by atoms with Gasteiger partial charge in [-0.2, -0.15) is 16.8 Å². The third-order valence-corrected chi connectivity index (χ3v) is 10.4. The van der Waals surface area contributed by atoms with Crippen LogP contribution in [0.1, 0.15) is 36.1 Å². The molecule has 0 radical (unpaired) electrons. The maximum atomic E-state index is 13.3. The number of nitrogens with zero attached hydrogens (tertiary/aromatic N) is 2. The first kappa shape index (κ1) is 34.7. The first-order chi connectivity index (χ1) is 23.0. The number of hydrogen-bond acceptors (Lipinski definition) is 6. The van der Waals surface area contributed by atoms with Gasteiger partial charge in [-0.25, -0.2) is 4.58 Å². The molecule has 0 unspecified atom stereocenters. The molecule has 1 aliphatic carbocycles. The quantitative estimate of drug-likeness (QED) is 0.0985. The lowest BCUT2D eigenvalue weighted by molar-refractivity contribution is -0.539. The van der Waals surface area contributed by atoms with Crippen molar-refractivity contribution < 1.29 is 30.1 Å². The Kier molecular flexibility index (Phi) is 10.9. The van der Waals surface area contributed by atoms with Crippen LogP contribution in [0.25, 0.3) is 5.57 Å². The van der Waals surface area contributed by atoms with Gasteiger partial charge in [0.05, 0.1) is 12.0 Å². The van der Waals surface area contributed by atoms with E-state index in [0.717, 1.165) is 50.8 Å². The third-order valence-electron chi connectivity index (χ3n) is 8.25. The lowest BCUT2D eigenvalue weighted by atomic mass is 9.90. The van der Waals surface area contributed by atoms with Gasteiger partial charge in [0, 0.05) is 42.1 Å². The molecule has 4 aromatic rings. The van der Waals surface area contributed by atoms with Crippen LogP contribution in [0.2, 0.25) is 0 Å². The summed E-state index contributed by atoms with van der Waals surface area (Å²) in [4.78, 5) is 1.31. The molecule has 48 heavy (non-hydrogen) atoms. The third kappa shape index (κ3) is 8.08. The molecule has 248 valence electrons. The van der Waals surface area contributed by atoms with Gasteiger partial charge in [-0.3, -0.25) is 8.74 Å². The van der Waals surface area contributed by atoms with Crippen LogP contribution < -0.4 is 4.90 Å². The highest BCUT2D eigenvalue weighted by molar-refractivity contribution is 7.87. The Labute approximate surface area is 283 Å². The number of benzene rings is 4. The molecule has 0 amide bonds. The van der Waals surface area contributed by atoms with Crippen LogP contribution in [0.15, 0.2) is 143 Å². The smallest absolute Gasteiger partial charge is 0.297 e. The molecule has 5 rings (SSSR count). The summed E-state index contributed by atoms with van der Waals surface area (Å²) in [6.07, 6.45) is 7.84. The number of anilines is 1. The van der Waals surface area contributed by atoms with E-state index < -0.39 is 25.1 Å². The normalized spacial score (nSPS) is 13.1. The molecule has 8 nitrogen and oxygen atoms in total. The van der Waals surface area contributed by atoms with Crippen molar-refractivity contribution >= 4 is 37.2 Å². The summed E-state index contributed by atoms with van der Waals surface area (Å²) in [5.41, 5.74) is 6.56. The van der Waals surface area contributed by atoms with Crippen molar-refractivity contribution in [3.05, 3.63) is 155 Å². The predicted octanol–water partition coefficient (Wildman–Crippen LogP) is 6.90.